The number of fused-ring (bicyclic) bond motifs is 1. The highest BCUT2D eigenvalue weighted by Crippen LogP contribution is 2.30. The van der Waals surface area contributed by atoms with Crippen LogP contribution in [0.5, 0.6) is 0 Å². The molecule has 2 aromatic carbocycles. The molecule has 6 nitrogen and oxygen atoms in total. The van der Waals surface area contributed by atoms with Gasteiger partial charge in [-0.05, 0) is 49.7 Å². The lowest BCUT2D eigenvalue weighted by Crippen LogP contribution is -2.53. The first-order valence-electron chi connectivity index (χ1n) is 10.6. The van der Waals surface area contributed by atoms with Gasteiger partial charge >= 0.3 is 0 Å². The molecular weight excluding hydrogens is 417 g/mol. The summed E-state index contributed by atoms with van der Waals surface area (Å²) < 4.78 is 16.7. The molecule has 31 heavy (non-hydrogen) atoms. The van der Waals surface area contributed by atoms with Crippen LogP contribution in [0.2, 0.25) is 0 Å². The minimum Gasteiger partial charge on any atom is -0.368 e. The Morgan fingerprint density at radius 2 is 1.90 bits per heavy atom. The fourth-order valence-corrected chi connectivity index (χ4v) is 4.57. The number of hydrogen-bond acceptors (Lipinski definition) is 4. The first-order valence-corrected chi connectivity index (χ1v) is 10.6. The molecule has 2 aliphatic rings. The van der Waals surface area contributed by atoms with Crippen molar-refractivity contribution in [2.45, 2.75) is 18.9 Å². The average molecular weight is 444 g/mol. The van der Waals surface area contributed by atoms with Crippen molar-refractivity contribution in [1.29, 1.82) is 0 Å². The lowest BCUT2D eigenvalue weighted by molar-refractivity contribution is -0.133. The molecule has 164 valence electrons. The second-order valence-electron chi connectivity index (χ2n) is 8.11. The SMILES string of the molecule is Cl.Cn1c(-c2cc(N3CCN(C(=O)[C@@H]4CCCN4)CC3)ccc2F)nc2ccccc21. The standard InChI is InChI=1S/C23H26FN5O.ClH/c1-27-21-7-3-2-5-19(21)26-22(27)17-15-16(8-9-18(17)24)28-11-13-29(14-12-28)23(30)20-6-4-10-25-20;/h2-3,5,7-9,15,20,25H,4,6,10-14H2,1H3;1H/t20-;/m0./s1. The van der Waals surface area contributed by atoms with Gasteiger partial charge in [-0.25, -0.2) is 9.37 Å². The fourth-order valence-electron chi connectivity index (χ4n) is 4.57. The number of carbonyl (C=O) groups excluding carboxylic acids is 1. The van der Waals surface area contributed by atoms with Gasteiger partial charge in [0.25, 0.3) is 0 Å². The molecule has 3 aromatic rings. The quantitative estimate of drug-likeness (QED) is 0.675. The molecule has 0 aliphatic carbocycles. The van der Waals surface area contributed by atoms with E-state index in [9.17, 15) is 9.18 Å². The van der Waals surface area contributed by atoms with Crippen molar-refractivity contribution in [3.05, 3.63) is 48.3 Å². The van der Waals surface area contributed by atoms with Gasteiger partial charge in [0.2, 0.25) is 5.91 Å². The zero-order valence-corrected chi connectivity index (χ0v) is 18.4. The summed E-state index contributed by atoms with van der Waals surface area (Å²) in [5.41, 5.74) is 3.29. The number of hydrogen-bond donors (Lipinski definition) is 1. The van der Waals surface area contributed by atoms with E-state index in [1.165, 1.54) is 6.07 Å². The van der Waals surface area contributed by atoms with E-state index in [1.807, 2.05) is 52.9 Å². The zero-order valence-electron chi connectivity index (χ0n) is 17.6. The molecule has 3 heterocycles. The second-order valence-corrected chi connectivity index (χ2v) is 8.11. The molecule has 0 radical (unpaired) electrons. The summed E-state index contributed by atoms with van der Waals surface area (Å²) in [6.07, 6.45) is 2.00. The lowest BCUT2D eigenvalue weighted by atomic mass is 10.1. The predicted octanol–water partition coefficient (Wildman–Crippen LogP) is 3.20. The summed E-state index contributed by atoms with van der Waals surface area (Å²) in [5.74, 6) is 0.557. The monoisotopic (exact) mass is 443 g/mol. The molecule has 1 amide bonds. The number of aromatic nitrogens is 2. The van der Waals surface area contributed by atoms with Crippen molar-refractivity contribution < 1.29 is 9.18 Å². The van der Waals surface area contributed by atoms with E-state index < -0.39 is 0 Å². The molecule has 8 heteroatoms. The maximum Gasteiger partial charge on any atom is 0.239 e. The van der Waals surface area contributed by atoms with Gasteiger partial charge < -0.3 is 19.7 Å². The summed E-state index contributed by atoms with van der Waals surface area (Å²) >= 11 is 0. The molecule has 0 saturated carbocycles. The number of halogens is 2. The van der Waals surface area contributed by atoms with Gasteiger partial charge in [0.15, 0.2) is 0 Å². The highest BCUT2D eigenvalue weighted by molar-refractivity contribution is 5.85. The Morgan fingerprint density at radius 1 is 1.13 bits per heavy atom. The zero-order chi connectivity index (χ0) is 20.7. The van der Waals surface area contributed by atoms with Gasteiger partial charge in [-0.1, -0.05) is 12.1 Å². The van der Waals surface area contributed by atoms with E-state index in [-0.39, 0.29) is 30.2 Å². The highest BCUT2D eigenvalue weighted by atomic mass is 35.5. The van der Waals surface area contributed by atoms with Crippen LogP contribution in [-0.4, -0.2) is 59.1 Å². The molecule has 0 spiro atoms. The number of imidazole rings is 1. The third-order valence-corrected chi connectivity index (χ3v) is 6.29. The van der Waals surface area contributed by atoms with E-state index in [4.69, 9.17) is 0 Å². The summed E-state index contributed by atoms with van der Waals surface area (Å²) in [5, 5.41) is 3.29. The van der Waals surface area contributed by atoms with E-state index in [2.05, 4.69) is 15.2 Å². The van der Waals surface area contributed by atoms with Crippen LogP contribution in [-0.2, 0) is 11.8 Å². The lowest BCUT2D eigenvalue weighted by Gasteiger charge is -2.37. The summed E-state index contributed by atoms with van der Waals surface area (Å²) in [4.78, 5) is 21.5. The molecule has 0 bridgehead atoms. The Labute approximate surface area is 187 Å². The summed E-state index contributed by atoms with van der Waals surface area (Å²) in [6, 6.07) is 13.0. The maximum absolute atomic E-state index is 14.7. The molecule has 1 atom stereocenters. The number of nitrogens with one attached hydrogen (secondary N) is 1. The molecule has 2 fully saturated rings. The van der Waals surface area contributed by atoms with Crippen LogP contribution in [0.3, 0.4) is 0 Å². The first-order chi connectivity index (χ1) is 14.6. The molecular formula is C23H27ClFN5O. The van der Waals surface area contributed by atoms with Crippen LogP contribution in [0.25, 0.3) is 22.4 Å². The molecule has 1 N–H and O–H groups in total. The summed E-state index contributed by atoms with van der Waals surface area (Å²) in [6.45, 7) is 3.79. The van der Waals surface area contributed by atoms with Crippen molar-refractivity contribution >= 4 is 35.0 Å². The number of rotatable bonds is 3. The molecule has 0 unspecified atom stereocenters. The van der Waals surface area contributed by atoms with Crippen molar-refractivity contribution in [3.63, 3.8) is 0 Å². The number of carbonyl (C=O) groups is 1. The predicted molar refractivity (Wildman–Crippen MR) is 123 cm³/mol. The minimum absolute atomic E-state index is 0. The normalized spacial score (nSPS) is 19.0. The van der Waals surface area contributed by atoms with Crippen LogP contribution in [0.15, 0.2) is 42.5 Å². The Bertz CT molecular complexity index is 1090. The fraction of sp³-hybridized carbons (Fsp3) is 0.391. The molecule has 2 saturated heterocycles. The number of anilines is 1. The van der Waals surface area contributed by atoms with Gasteiger partial charge in [0.05, 0.1) is 22.6 Å². The number of para-hydroxylation sites is 2. The Balaban J connectivity index is 0.00000231. The highest BCUT2D eigenvalue weighted by Gasteiger charge is 2.29. The van der Waals surface area contributed by atoms with Crippen LogP contribution in [0.4, 0.5) is 10.1 Å². The van der Waals surface area contributed by atoms with Crippen molar-refractivity contribution in [2.24, 2.45) is 7.05 Å². The number of aryl methyl sites for hydroxylation is 1. The minimum atomic E-state index is -0.279. The van der Waals surface area contributed by atoms with Crippen LogP contribution in [0, 0.1) is 5.82 Å². The third-order valence-electron chi connectivity index (χ3n) is 6.29. The van der Waals surface area contributed by atoms with Gasteiger partial charge in [-0.2, -0.15) is 0 Å². The third kappa shape index (κ3) is 4.00. The Morgan fingerprint density at radius 3 is 2.61 bits per heavy atom. The van der Waals surface area contributed by atoms with E-state index >= 15 is 0 Å². The van der Waals surface area contributed by atoms with Gasteiger partial charge in [0, 0.05) is 38.9 Å². The molecule has 2 aliphatic heterocycles. The van der Waals surface area contributed by atoms with Gasteiger partial charge in [0.1, 0.15) is 11.6 Å². The summed E-state index contributed by atoms with van der Waals surface area (Å²) in [7, 11) is 1.91. The van der Waals surface area contributed by atoms with E-state index in [1.54, 1.807) is 0 Å². The Hall–Kier alpha value is -2.64. The molecule has 1 aromatic heterocycles. The smallest absolute Gasteiger partial charge is 0.239 e. The van der Waals surface area contributed by atoms with Crippen molar-refractivity contribution in [3.8, 4) is 11.4 Å². The average Bonchev–Trinajstić information content (AvgIpc) is 3.43. The Kier molecular flexibility index (Phi) is 6.16. The van der Waals surface area contributed by atoms with E-state index in [0.717, 1.165) is 49.2 Å². The van der Waals surface area contributed by atoms with Crippen LogP contribution < -0.4 is 10.2 Å². The van der Waals surface area contributed by atoms with E-state index in [0.29, 0.717) is 24.5 Å². The van der Waals surface area contributed by atoms with Crippen LogP contribution in [0.1, 0.15) is 12.8 Å². The molecule has 5 rings (SSSR count). The number of nitrogens with zero attached hydrogens (tertiary/aromatic N) is 4. The maximum atomic E-state index is 14.7. The van der Waals surface area contributed by atoms with Crippen molar-refractivity contribution in [2.75, 3.05) is 37.6 Å². The van der Waals surface area contributed by atoms with Crippen molar-refractivity contribution in [1.82, 2.24) is 19.8 Å². The largest absolute Gasteiger partial charge is 0.368 e. The number of amides is 1. The number of piperazine rings is 1. The van der Waals surface area contributed by atoms with Crippen LogP contribution >= 0.6 is 12.4 Å². The first kappa shape index (κ1) is 21.6. The van der Waals surface area contributed by atoms with Gasteiger partial charge in [-0.15, -0.1) is 12.4 Å². The van der Waals surface area contributed by atoms with Gasteiger partial charge in [-0.3, -0.25) is 4.79 Å². The topological polar surface area (TPSA) is 53.4 Å². The second kappa shape index (κ2) is 8.85. The number of benzene rings is 2.